The van der Waals surface area contributed by atoms with Crippen molar-refractivity contribution < 1.29 is 51.6 Å². The second-order valence-electron chi connectivity index (χ2n) is 20.1. The van der Waals surface area contributed by atoms with E-state index in [4.69, 9.17) is 23.9 Å². The van der Waals surface area contributed by atoms with Crippen molar-refractivity contribution in [2.45, 2.75) is 140 Å². The molecular formula is C49H65N5O11S. The maximum absolute atomic E-state index is 15.4. The van der Waals surface area contributed by atoms with Crippen LogP contribution in [0.4, 0.5) is 4.79 Å². The molecule has 0 unspecified atom stereocenters. The first-order valence-electron chi connectivity index (χ1n) is 22.9. The summed E-state index contributed by atoms with van der Waals surface area (Å²) < 4.78 is 52.3. The number of nitrogens with zero attached hydrogens (tertiary/aromatic N) is 3. The number of hydrogen-bond donors (Lipinski definition) is 3. The highest BCUT2D eigenvalue weighted by atomic mass is 32.2. The van der Waals surface area contributed by atoms with E-state index >= 15 is 4.79 Å². The fourth-order valence-electron chi connectivity index (χ4n) is 9.54. The number of carboxylic acid groups (broad SMARTS) is 1. The number of fused-ring (bicyclic) bond motifs is 3. The van der Waals surface area contributed by atoms with Crippen LogP contribution in [-0.4, -0.2) is 113 Å². The molecule has 7 rings (SSSR count). The molecule has 0 spiro atoms. The maximum Gasteiger partial charge on any atom is 0.408 e. The fraction of sp³-hybridized carbons (Fsp3) is 0.571. The van der Waals surface area contributed by atoms with E-state index in [1.807, 2.05) is 63.3 Å². The Bertz CT molecular complexity index is 2500. The standard InChI is InChI=1S/C49H65N5O11S/c1-28(2)64-33-17-15-31(16-18-33)39-41(63-10)37-24-34(62-9)19-20-36(37)43(50-39)65-35-25-38-42(55)51-49(45(57)52-66(60,61)48(8)21-22-48)26-32(49)14-12-11-13-29(3)23-30(4)40(44(56)53(38)27-35)54(46(58)59)47(5,6)7/h12,14-20,24,28-30,32,35,38,40H,11,13,21-23,25-27H2,1-10H3,(H,51,55)(H,52,57)(H,58,59)/b14-12-/t29-,30+,32+,35+,38-,40-,49+/m0/s1. The summed E-state index contributed by atoms with van der Waals surface area (Å²) in [5.41, 5.74) is -1.47. The number of benzene rings is 2. The lowest BCUT2D eigenvalue weighted by Gasteiger charge is -2.43. The normalized spacial score (nSPS) is 27.0. The quantitative estimate of drug-likeness (QED) is 0.165. The number of sulfonamides is 1. The van der Waals surface area contributed by atoms with E-state index in [-0.39, 0.29) is 37.3 Å². The van der Waals surface area contributed by atoms with Crippen LogP contribution in [0.1, 0.15) is 100 Å². The summed E-state index contributed by atoms with van der Waals surface area (Å²) in [6.07, 6.45) is 4.39. The predicted octanol–water partition coefficient (Wildman–Crippen LogP) is 7.09. The third kappa shape index (κ3) is 9.63. The molecule has 0 radical (unpaired) electrons. The summed E-state index contributed by atoms with van der Waals surface area (Å²) in [5, 5.41) is 14.9. The third-order valence-corrected chi connectivity index (χ3v) is 15.7. The number of nitrogens with one attached hydrogen (secondary N) is 2. The Hall–Kier alpha value is -5.58. The average molecular weight is 932 g/mol. The lowest BCUT2D eigenvalue weighted by atomic mass is 9.85. The third-order valence-electron chi connectivity index (χ3n) is 13.5. The molecule has 3 fully saturated rings. The Kier molecular flexibility index (Phi) is 13.4. The molecule has 358 valence electrons. The molecule has 0 bridgehead atoms. The van der Waals surface area contributed by atoms with Crippen molar-refractivity contribution in [3.8, 4) is 34.4 Å². The van der Waals surface area contributed by atoms with Crippen LogP contribution in [0.15, 0.2) is 54.6 Å². The molecule has 7 atom stereocenters. The predicted molar refractivity (Wildman–Crippen MR) is 249 cm³/mol. The van der Waals surface area contributed by atoms with Crippen LogP contribution in [0.2, 0.25) is 0 Å². The summed E-state index contributed by atoms with van der Waals surface area (Å²) in [4.78, 5) is 65.3. The number of carbonyl (C=O) groups is 4. The first-order chi connectivity index (χ1) is 31.0. The Morgan fingerprint density at radius 2 is 1.68 bits per heavy atom. The summed E-state index contributed by atoms with van der Waals surface area (Å²) in [7, 11) is -0.954. The number of allylic oxidation sites excluding steroid dienone is 1. The lowest BCUT2D eigenvalue weighted by Crippen LogP contribution is -2.62. The van der Waals surface area contributed by atoms with E-state index in [9.17, 15) is 27.9 Å². The van der Waals surface area contributed by atoms with E-state index in [2.05, 4.69) is 17.0 Å². The molecule has 4 aliphatic rings. The van der Waals surface area contributed by atoms with Crippen LogP contribution in [0.5, 0.6) is 23.1 Å². The first-order valence-corrected chi connectivity index (χ1v) is 24.4. The van der Waals surface area contributed by atoms with E-state index < -0.39 is 79.7 Å². The van der Waals surface area contributed by atoms with Gasteiger partial charge in [-0.2, -0.15) is 0 Å². The number of amides is 4. The number of pyridine rings is 1. The second-order valence-corrected chi connectivity index (χ2v) is 22.3. The highest BCUT2D eigenvalue weighted by Crippen LogP contribution is 2.48. The Morgan fingerprint density at radius 1 is 1.00 bits per heavy atom. The molecular weight excluding hydrogens is 867 g/mol. The van der Waals surface area contributed by atoms with Crippen molar-refractivity contribution in [1.29, 1.82) is 0 Å². The second kappa shape index (κ2) is 18.2. The molecule has 2 aliphatic carbocycles. The van der Waals surface area contributed by atoms with E-state index in [1.165, 1.54) is 9.80 Å². The Labute approximate surface area is 387 Å². The smallest absolute Gasteiger partial charge is 0.408 e. The van der Waals surface area contributed by atoms with Gasteiger partial charge in [-0.25, -0.2) is 18.2 Å². The highest BCUT2D eigenvalue weighted by molar-refractivity contribution is 7.91. The molecule has 4 amide bonds. The van der Waals surface area contributed by atoms with Crippen molar-refractivity contribution in [2.75, 3.05) is 20.8 Å². The van der Waals surface area contributed by atoms with Gasteiger partial charge in [-0.1, -0.05) is 26.0 Å². The van der Waals surface area contributed by atoms with Crippen LogP contribution in [-0.2, 0) is 24.4 Å². The van der Waals surface area contributed by atoms with Gasteiger partial charge in [-0.05, 0) is 134 Å². The number of aromatic nitrogens is 1. The number of hydrogen-bond acceptors (Lipinski definition) is 11. The fourth-order valence-corrected chi connectivity index (χ4v) is 10.9. The number of carbonyl (C=O) groups excluding carboxylic acids is 3. The molecule has 3 N–H and O–H groups in total. The van der Waals surface area contributed by atoms with Gasteiger partial charge in [0.15, 0.2) is 5.75 Å². The van der Waals surface area contributed by atoms with Crippen molar-refractivity contribution in [2.24, 2.45) is 17.8 Å². The van der Waals surface area contributed by atoms with Crippen molar-refractivity contribution >= 4 is 44.6 Å². The van der Waals surface area contributed by atoms with Gasteiger partial charge in [0.2, 0.25) is 27.7 Å². The van der Waals surface area contributed by atoms with Crippen LogP contribution in [0.3, 0.4) is 0 Å². The average Bonchev–Trinajstić information content (AvgIpc) is 4.13. The molecule has 66 heavy (non-hydrogen) atoms. The number of rotatable bonds is 11. The SMILES string of the molecule is COc1ccc2c(O[C@@H]3C[C@H]4C(=O)N[C@]5(C(=O)NS(=O)(=O)C6(C)CC6)C[C@H]5/C=C\CC[C@H](C)C[C@@H](C)[C@H](N(C(=O)O)C(C)(C)C)C(=O)N4C3)nc(-c3ccc(OC(C)C)cc3)c(OC)c2c1. The number of methoxy groups -OCH3 is 2. The van der Waals surface area contributed by atoms with Gasteiger partial charge in [0.1, 0.15) is 40.9 Å². The van der Waals surface area contributed by atoms with Gasteiger partial charge in [0, 0.05) is 34.2 Å². The zero-order valence-corrected chi connectivity index (χ0v) is 40.5. The molecule has 3 aromatic rings. The zero-order chi connectivity index (χ0) is 48.1. The van der Waals surface area contributed by atoms with Crippen LogP contribution in [0, 0.1) is 17.8 Å². The minimum atomic E-state index is -4.06. The molecule has 1 saturated heterocycles. The van der Waals surface area contributed by atoms with Gasteiger partial charge in [0.25, 0.3) is 5.91 Å². The van der Waals surface area contributed by atoms with E-state index in [0.29, 0.717) is 71.4 Å². The van der Waals surface area contributed by atoms with Crippen LogP contribution >= 0.6 is 0 Å². The minimum Gasteiger partial charge on any atom is -0.497 e. The molecule has 2 saturated carbocycles. The van der Waals surface area contributed by atoms with Gasteiger partial charge >= 0.3 is 6.09 Å². The molecule has 17 heteroatoms. The topological polar surface area (TPSA) is 203 Å². The van der Waals surface area contributed by atoms with Crippen LogP contribution < -0.4 is 29.0 Å². The first kappa shape index (κ1) is 48.4. The lowest BCUT2D eigenvalue weighted by molar-refractivity contribution is -0.146. The minimum absolute atomic E-state index is 0.0359. The van der Waals surface area contributed by atoms with Gasteiger partial charge in [-0.3, -0.25) is 24.0 Å². The Morgan fingerprint density at radius 3 is 2.29 bits per heavy atom. The van der Waals surface area contributed by atoms with Crippen molar-refractivity contribution in [3.05, 3.63) is 54.6 Å². The largest absolute Gasteiger partial charge is 0.497 e. The molecule has 2 aliphatic heterocycles. The summed E-state index contributed by atoms with van der Waals surface area (Å²) in [6, 6.07) is 10.3. The van der Waals surface area contributed by atoms with E-state index in [0.717, 1.165) is 0 Å². The number of ether oxygens (including phenoxy) is 4. The Balaban J connectivity index is 1.32. The maximum atomic E-state index is 15.4. The van der Waals surface area contributed by atoms with Crippen molar-refractivity contribution in [1.82, 2.24) is 24.8 Å². The monoisotopic (exact) mass is 931 g/mol. The molecule has 3 heterocycles. The van der Waals surface area contributed by atoms with Gasteiger partial charge in [-0.15, -0.1) is 0 Å². The van der Waals surface area contributed by atoms with Gasteiger partial charge < -0.3 is 34.3 Å². The molecule has 1 aromatic heterocycles. The summed E-state index contributed by atoms with van der Waals surface area (Å²) >= 11 is 0. The van der Waals surface area contributed by atoms with Crippen molar-refractivity contribution in [3.63, 3.8) is 0 Å². The molecule has 16 nitrogen and oxygen atoms in total. The summed E-state index contributed by atoms with van der Waals surface area (Å²) in [5.74, 6) is -1.14. The highest BCUT2D eigenvalue weighted by Gasteiger charge is 2.63. The van der Waals surface area contributed by atoms with E-state index in [1.54, 1.807) is 54.0 Å². The van der Waals surface area contributed by atoms with Gasteiger partial charge in [0.05, 0.1) is 31.6 Å². The van der Waals surface area contributed by atoms with Crippen LogP contribution in [0.25, 0.3) is 22.0 Å². The summed E-state index contributed by atoms with van der Waals surface area (Å²) in [6.45, 7) is 14.4. The zero-order valence-electron chi connectivity index (χ0n) is 39.7. The molecule has 2 aromatic carbocycles.